The van der Waals surface area contributed by atoms with Gasteiger partial charge in [0, 0.05) is 10.9 Å². The van der Waals surface area contributed by atoms with Crippen LogP contribution in [0.1, 0.15) is 12.8 Å². The molecule has 11 heteroatoms. The van der Waals surface area contributed by atoms with Gasteiger partial charge in [-0.15, -0.1) is 0 Å². The zero-order valence-electron chi connectivity index (χ0n) is 17.2. The average molecular weight is 511 g/mol. The van der Waals surface area contributed by atoms with Gasteiger partial charge in [0.25, 0.3) is 0 Å². The molecule has 1 aliphatic carbocycles. The minimum atomic E-state index is -4.03. The van der Waals surface area contributed by atoms with Crippen molar-refractivity contribution in [3.63, 3.8) is 0 Å². The van der Waals surface area contributed by atoms with Gasteiger partial charge in [-0.2, -0.15) is 5.26 Å². The molecule has 1 fully saturated rings. The predicted molar refractivity (Wildman–Crippen MR) is 120 cm³/mol. The van der Waals surface area contributed by atoms with Crippen molar-refractivity contribution in [2.24, 2.45) is 17.1 Å². The van der Waals surface area contributed by atoms with Gasteiger partial charge in [0.1, 0.15) is 11.8 Å². The Bertz CT molecular complexity index is 1200. The lowest BCUT2D eigenvalue weighted by atomic mass is 9.77. The van der Waals surface area contributed by atoms with Crippen LogP contribution in [0.2, 0.25) is 10.0 Å². The van der Waals surface area contributed by atoms with Crippen molar-refractivity contribution in [1.29, 1.82) is 5.26 Å². The Morgan fingerprint density at radius 1 is 1.15 bits per heavy atom. The summed E-state index contributed by atoms with van der Waals surface area (Å²) >= 11 is 12.0. The lowest BCUT2D eigenvalue weighted by molar-refractivity contribution is -0.162. The number of hydrogen-bond donors (Lipinski definition) is 1. The van der Waals surface area contributed by atoms with E-state index in [0.29, 0.717) is 10.8 Å². The smallest absolute Gasteiger partial charge is 0.323 e. The van der Waals surface area contributed by atoms with E-state index in [-0.39, 0.29) is 22.9 Å². The highest BCUT2D eigenvalue weighted by Crippen LogP contribution is 2.49. The summed E-state index contributed by atoms with van der Waals surface area (Å²) in [6.45, 7) is -0.804. The number of carbonyl (C=O) groups excluding carboxylic acids is 2. The molecule has 0 unspecified atom stereocenters. The molecule has 0 aliphatic heterocycles. The van der Waals surface area contributed by atoms with Crippen LogP contribution in [0.3, 0.4) is 0 Å². The molecule has 33 heavy (non-hydrogen) atoms. The molecule has 0 aromatic heterocycles. The summed E-state index contributed by atoms with van der Waals surface area (Å²) in [5.41, 5.74) is 3.64. The van der Waals surface area contributed by atoms with E-state index in [2.05, 4.69) is 0 Å². The zero-order chi connectivity index (χ0) is 24.2. The molecule has 8 nitrogen and oxygen atoms in total. The van der Waals surface area contributed by atoms with Crippen LogP contribution >= 0.6 is 23.2 Å². The second-order valence-electron chi connectivity index (χ2n) is 7.57. The van der Waals surface area contributed by atoms with Crippen molar-refractivity contribution in [1.82, 2.24) is 0 Å². The number of sulfone groups is 1. The SMILES string of the molecule is N#CCOC(=O)[C@]1(C(N)=O)C[C@@H](S(=O)(=O)c2ccccc2Cl)C[C@H]1COc1ccc(Cl)cc1. The quantitative estimate of drug-likeness (QED) is 0.425. The van der Waals surface area contributed by atoms with Crippen LogP contribution in [0.4, 0.5) is 0 Å². The second kappa shape index (κ2) is 10.00. The molecule has 2 aromatic carbocycles. The Balaban J connectivity index is 1.98. The van der Waals surface area contributed by atoms with Gasteiger partial charge in [0.05, 0.1) is 21.8 Å². The van der Waals surface area contributed by atoms with Gasteiger partial charge >= 0.3 is 5.97 Å². The standard InChI is InChI=1S/C22H20Cl2N2O6S/c23-15-5-7-16(8-6-15)32-13-14-11-17(33(29,30)19-4-2-1-3-18(19)24)12-22(14,20(26)27)21(28)31-10-9-25/h1-8,14,17H,10-13H2,(H2,26,27)/t14-,17-,22+/m0/s1. The highest BCUT2D eigenvalue weighted by Gasteiger charge is 2.61. The highest BCUT2D eigenvalue weighted by atomic mass is 35.5. The van der Waals surface area contributed by atoms with E-state index in [1.165, 1.54) is 18.2 Å². The summed E-state index contributed by atoms with van der Waals surface area (Å²) in [4.78, 5) is 25.4. The van der Waals surface area contributed by atoms with Crippen LogP contribution < -0.4 is 10.5 Å². The molecule has 0 heterocycles. The Morgan fingerprint density at radius 2 is 1.82 bits per heavy atom. The lowest BCUT2D eigenvalue weighted by Gasteiger charge is -2.29. The number of primary amides is 1. The Labute approximate surface area is 201 Å². The first-order chi connectivity index (χ1) is 15.6. The van der Waals surface area contributed by atoms with Crippen LogP contribution in [-0.4, -0.2) is 38.8 Å². The summed E-state index contributed by atoms with van der Waals surface area (Å²) < 4.78 is 37.4. The maximum Gasteiger partial charge on any atom is 0.323 e. The number of hydrogen-bond acceptors (Lipinski definition) is 7. The highest BCUT2D eigenvalue weighted by molar-refractivity contribution is 7.92. The second-order valence-corrected chi connectivity index (χ2v) is 10.6. The van der Waals surface area contributed by atoms with Crippen LogP contribution in [0, 0.1) is 22.7 Å². The summed E-state index contributed by atoms with van der Waals surface area (Å²) in [5, 5.41) is 8.15. The third-order valence-corrected chi connectivity index (χ3v) is 8.61. The van der Waals surface area contributed by atoms with E-state index in [1.807, 2.05) is 0 Å². The number of nitrogens with zero attached hydrogens (tertiary/aromatic N) is 1. The molecule has 0 bridgehead atoms. The van der Waals surface area contributed by atoms with Crippen LogP contribution in [-0.2, 0) is 24.2 Å². The summed E-state index contributed by atoms with van der Waals surface area (Å²) in [7, 11) is -4.03. The number of halogens is 2. The molecular weight excluding hydrogens is 491 g/mol. The van der Waals surface area contributed by atoms with Crippen molar-refractivity contribution in [3.8, 4) is 11.8 Å². The maximum absolute atomic E-state index is 13.4. The van der Waals surface area contributed by atoms with Crippen molar-refractivity contribution in [2.75, 3.05) is 13.2 Å². The van der Waals surface area contributed by atoms with Gasteiger partial charge in [-0.05, 0) is 49.2 Å². The normalized spacial score (nSPS) is 22.3. The van der Waals surface area contributed by atoms with Crippen LogP contribution in [0.15, 0.2) is 53.4 Å². The molecule has 174 valence electrons. The van der Waals surface area contributed by atoms with Gasteiger partial charge in [-0.25, -0.2) is 8.42 Å². The molecule has 0 spiro atoms. The van der Waals surface area contributed by atoms with Gasteiger partial charge < -0.3 is 15.2 Å². The van der Waals surface area contributed by atoms with E-state index >= 15 is 0 Å². The molecule has 3 atom stereocenters. The van der Waals surface area contributed by atoms with E-state index in [0.717, 1.165) is 0 Å². The average Bonchev–Trinajstić information content (AvgIpc) is 3.19. The molecule has 3 rings (SSSR count). The molecule has 0 saturated heterocycles. The van der Waals surface area contributed by atoms with E-state index < -0.39 is 51.3 Å². The fourth-order valence-corrected chi connectivity index (χ4v) is 6.56. The summed E-state index contributed by atoms with van der Waals surface area (Å²) in [6, 6.07) is 13.9. The molecule has 2 aromatic rings. The predicted octanol–water partition coefficient (Wildman–Crippen LogP) is 3.16. The van der Waals surface area contributed by atoms with E-state index in [9.17, 15) is 18.0 Å². The minimum Gasteiger partial charge on any atom is -0.493 e. The van der Waals surface area contributed by atoms with Crippen LogP contribution in [0.5, 0.6) is 5.75 Å². The van der Waals surface area contributed by atoms with Crippen molar-refractivity contribution in [3.05, 3.63) is 58.6 Å². The molecule has 1 amide bonds. The molecule has 2 N–H and O–H groups in total. The molecule has 1 aliphatic rings. The minimum absolute atomic E-state index is 0.0232. The third kappa shape index (κ3) is 4.93. The van der Waals surface area contributed by atoms with Gasteiger partial charge in [0.15, 0.2) is 21.9 Å². The first-order valence-corrected chi connectivity index (χ1v) is 12.1. The molecular formula is C22H20Cl2N2O6S. The Kier molecular flexibility index (Phi) is 7.52. The monoisotopic (exact) mass is 510 g/mol. The largest absolute Gasteiger partial charge is 0.493 e. The Hall–Kier alpha value is -2.80. The number of benzene rings is 2. The molecule has 1 saturated carbocycles. The zero-order valence-corrected chi connectivity index (χ0v) is 19.6. The van der Waals surface area contributed by atoms with Crippen molar-refractivity contribution in [2.45, 2.75) is 23.0 Å². The fourth-order valence-electron chi connectivity index (χ4n) is 4.04. The Morgan fingerprint density at radius 3 is 2.42 bits per heavy atom. The number of carbonyl (C=O) groups is 2. The summed E-state index contributed by atoms with van der Waals surface area (Å²) in [5.74, 6) is -2.63. The number of esters is 1. The number of nitrogens with two attached hydrogens (primary N) is 1. The fraction of sp³-hybridized carbons (Fsp3) is 0.318. The van der Waals surface area contributed by atoms with Crippen molar-refractivity contribution >= 4 is 44.9 Å². The maximum atomic E-state index is 13.4. The van der Waals surface area contributed by atoms with Crippen LogP contribution in [0.25, 0.3) is 0 Å². The van der Waals surface area contributed by atoms with E-state index in [1.54, 1.807) is 36.4 Å². The number of rotatable bonds is 8. The number of nitriles is 1. The van der Waals surface area contributed by atoms with Gasteiger partial charge in [-0.3, -0.25) is 9.59 Å². The topological polar surface area (TPSA) is 137 Å². The molecule has 0 radical (unpaired) electrons. The first kappa shape index (κ1) is 24.8. The third-order valence-electron chi connectivity index (χ3n) is 5.71. The first-order valence-electron chi connectivity index (χ1n) is 9.83. The van der Waals surface area contributed by atoms with Crippen molar-refractivity contribution < 1.29 is 27.5 Å². The van der Waals surface area contributed by atoms with Gasteiger partial charge in [0.2, 0.25) is 5.91 Å². The van der Waals surface area contributed by atoms with E-state index in [4.69, 9.17) is 43.7 Å². The number of amides is 1. The number of ether oxygens (including phenoxy) is 2. The van der Waals surface area contributed by atoms with Gasteiger partial charge in [-0.1, -0.05) is 35.3 Å². The lowest BCUT2D eigenvalue weighted by Crippen LogP contribution is -2.49. The summed E-state index contributed by atoms with van der Waals surface area (Å²) in [6.07, 6.45) is -0.527.